The molecule has 0 bridgehead atoms. The van der Waals surface area contributed by atoms with Crippen molar-refractivity contribution >= 4 is 9.84 Å². The highest BCUT2D eigenvalue weighted by Crippen LogP contribution is 2.30. The fraction of sp³-hybridized carbons (Fsp3) is 0.143. The van der Waals surface area contributed by atoms with Gasteiger partial charge in [-0.1, -0.05) is 18.2 Å². The van der Waals surface area contributed by atoms with Crippen LogP contribution in [0.2, 0.25) is 0 Å². The summed E-state index contributed by atoms with van der Waals surface area (Å²) in [5.41, 5.74) is 1.20. The van der Waals surface area contributed by atoms with Crippen molar-refractivity contribution < 1.29 is 27.0 Å². The number of ether oxygens (including phenoxy) is 3. The summed E-state index contributed by atoms with van der Waals surface area (Å²) < 4.78 is 55.3. The van der Waals surface area contributed by atoms with E-state index >= 15 is 0 Å². The molecule has 0 spiro atoms. The van der Waals surface area contributed by atoms with E-state index < -0.39 is 15.7 Å². The minimum absolute atomic E-state index is 0.0882. The average molecular weight is 400 g/mol. The van der Waals surface area contributed by atoms with Gasteiger partial charge in [0.25, 0.3) is 0 Å². The van der Waals surface area contributed by atoms with E-state index in [4.69, 9.17) is 14.2 Å². The second-order valence-electron chi connectivity index (χ2n) is 6.24. The molecule has 28 heavy (non-hydrogen) atoms. The molecule has 0 aromatic heterocycles. The van der Waals surface area contributed by atoms with E-state index in [-0.39, 0.29) is 29.8 Å². The first-order valence-electron chi connectivity index (χ1n) is 8.59. The summed E-state index contributed by atoms with van der Waals surface area (Å²) in [5, 5.41) is 0. The first-order chi connectivity index (χ1) is 13.5. The van der Waals surface area contributed by atoms with Gasteiger partial charge in [-0.05, 0) is 48.5 Å². The van der Waals surface area contributed by atoms with E-state index in [2.05, 4.69) is 0 Å². The van der Waals surface area contributed by atoms with Crippen LogP contribution in [-0.2, 0) is 27.8 Å². The molecule has 144 valence electrons. The van der Waals surface area contributed by atoms with Crippen molar-refractivity contribution in [1.82, 2.24) is 0 Å². The third kappa shape index (κ3) is 3.72. The largest absolute Gasteiger partial charge is 0.489 e. The molecular formula is C21H17FO5S. The van der Waals surface area contributed by atoms with Crippen LogP contribution in [0.5, 0.6) is 11.5 Å². The highest BCUT2D eigenvalue weighted by molar-refractivity contribution is 7.91. The highest BCUT2D eigenvalue weighted by Gasteiger charge is 2.19. The van der Waals surface area contributed by atoms with Crippen LogP contribution in [0, 0.1) is 5.82 Å². The topological polar surface area (TPSA) is 61.8 Å². The van der Waals surface area contributed by atoms with Crippen LogP contribution < -0.4 is 9.47 Å². The number of fused-ring (bicyclic) bond motifs is 1. The van der Waals surface area contributed by atoms with Crippen LogP contribution in [0.25, 0.3) is 0 Å². The summed E-state index contributed by atoms with van der Waals surface area (Å²) in [6.45, 7) is 0.481. The van der Waals surface area contributed by atoms with Gasteiger partial charge >= 0.3 is 0 Å². The Hall–Kier alpha value is -2.90. The maximum Gasteiger partial charge on any atom is 0.206 e. The van der Waals surface area contributed by atoms with E-state index in [1.54, 1.807) is 42.5 Å². The molecule has 7 heteroatoms. The van der Waals surface area contributed by atoms with Gasteiger partial charge in [0.05, 0.1) is 16.4 Å². The van der Waals surface area contributed by atoms with Crippen molar-refractivity contribution in [2.24, 2.45) is 0 Å². The second-order valence-corrected chi connectivity index (χ2v) is 8.19. The summed E-state index contributed by atoms with van der Waals surface area (Å²) in [5.74, 6) is 0.642. The van der Waals surface area contributed by atoms with Crippen LogP contribution in [0.1, 0.15) is 11.1 Å². The summed E-state index contributed by atoms with van der Waals surface area (Å²) >= 11 is 0. The first kappa shape index (κ1) is 18.5. The lowest BCUT2D eigenvalue weighted by molar-refractivity contribution is -0.0178. The lowest BCUT2D eigenvalue weighted by Crippen LogP contribution is -2.14. The Labute approximate surface area is 162 Å². The Kier molecular flexibility index (Phi) is 5.02. The van der Waals surface area contributed by atoms with Crippen molar-refractivity contribution in [3.63, 3.8) is 0 Å². The molecule has 1 aliphatic rings. The van der Waals surface area contributed by atoms with Crippen molar-refractivity contribution in [3.8, 4) is 11.5 Å². The molecule has 0 radical (unpaired) electrons. The van der Waals surface area contributed by atoms with Crippen molar-refractivity contribution in [3.05, 3.63) is 83.7 Å². The number of hydrogen-bond donors (Lipinski definition) is 0. The Morgan fingerprint density at radius 1 is 0.964 bits per heavy atom. The Balaban J connectivity index is 1.51. The summed E-state index contributed by atoms with van der Waals surface area (Å²) in [7, 11) is -3.58. The van der Waals surface area contributed by atoms with Gasteiger partial charge in [0, 0.05) is 11.1 Å². The molecule has 1 heterocycles. The molecule has 3 aromatic carbocycles. The molecule has 0 amide bonds. The number of hydrogen-bond acceptors (Lipinski definition) is 5. The highest BCUT2D eigenvalue weighted by atomic mass is 32.2. The van der Waals surface area contributed by atoms with Crippen molar-refractivity contribution in [2.75, 3.05) is 6.79 Å². The second kappa shape index (κ2) is 7.61. The maximum absolute atomic E-state index is 13.8. The van der Waals surface area contributed by atoms with E-state index in [1.165, 1.54) is 24.3 Å². The van der Waals surface area contributed by atoms with Gasteiger partial charge in [0.15, 0.2) is 6.79 Å². The molecule has 0 atom stereocenters. The number of rotatable bonds is 5. The smallest absolute Gasteiger partial charge is 0.206 e. The Bertz CT molecular complexity index is 1080. The third-order valence-corrected chi connectivity index (χ3v) is 6.12. The fourth-order valence-corrected chi connectivity index (χ4v) is 4.26. The monoisotopic (exact) mass is 400 g/mol. The van der Waals surface area contributed by atoms with E-state index in [9.17, 15) is 12.8 Å². The predicted octanol–water partition coefficient (Wildman–Crippen LogP) is 4.10. The molecule has 0 aliphatic carbocycles. The fourth-order valence-electron chi connectivity index (χ4n) is 2.98. The normalized spacial score (nSPS) is 13.5. The molecule has 0 saturated carbocycles. The van der Waals surface area contributed by atoms with Gasteiger partial charge in [-0.25, -0.2) is 12.8 Å². The Morgan fingerprint density at radius 3 is 2.43 bits per heavy atom. The molecule has 5 nitrogen and oxygen atoms in total. The standard InChI is InChI=1S/C21H17FO5S/c22-17-10-15-12-25-14-27-21(15)16(11-17)13-26-18-6-8-20(9-7-18)28(23,24)19-4-2-1-3-5-19/h1-11H,12-14H2. The quantitative estimate of drug-likeness (QED) is 0.645. The zero-order chi connectivity index (χ0) is 19.6. The average Bonchev–Trinajstić information content (AvgIpc) is 2.73. The van der Waals surface area contributed by atoms with Crippen LogP contribution >= 0.6 is 0 Å². The lowest BCUT2D eigenvalue weighted by Gasteiger charge is -2.21. The number of benzene rings is 3. The molecule has 3 aromatic rings. The molecular weight excluding hydrogens is 383 g/mol. The molecule has 4 rings (SSSR count). The maximum atomic E-state index is 13.8. The molecule has 0 saturated heterocycles. The van der Waals surface area contributed by atoms with Crippen LogP contribution in [0.3, 0.4) is 0 Å². The van der Waals surface area contributed by atoms with Gasteiger partial charge in [-0.15, -0.1) is 0 Å². The number of sulfone groups is 1. The van der Waals surface area contributed by atoms with E-state index in [1.807, 2.05) is 0 Å². The van der Waals surface area contributed by atoms with Crippen LogP contribution in [0.4, 0.5) is 4.39 Å². The first-order valence-corrected chi connectivity index (χ1v) is 10.1. The minimum Gasteiger partial charge on any atom is -0.489 e. The molecule has 0 fully saturated rings. The van der Waals surface area contributed by atoms with Crippen LogP contribution in [-0.4, -0.2) is 15.2 Å². The van der Waals surface area contributed by atoms with Gasteiger partial charge in [-0.2, -0.15) is 0 Å². The summed E-state index contributed by atoms with van der Waals surface area (Å²) in [6, 6.07) is 17.1. The number of halogens is 1. The van der Waals surface area contributed by atoms with Gasteiger partial charge in [0.1, 0.15) is 23.9 Å². The zero-order valence-electron chi connectivity index (χ0n) is 14.8. The van der Waals surface area contributed by atoms with Gasteiger partial charge in [-0.3, -0.25) is 0 Å². The van der Waals surface area contributed by atoms with E-state index in [0.717, 1.165) is 0 Å². The summed E-state index contributed by atoms with van der Waals surface area (Å²) in [4.78, 5) is 0.407. The summed E-state index contributed by atoms with van der Waals surface area (Å²) in [6.07, 6.45) is 0. The molecule has 0 N–H and O–H groups in total. The SMILES string of the molecule is O=S(=O)(c1ccccc1)c1ccc(OCc2cc(F)cc3c2OCOC3)cc1. The Morgan fingerprint density at radius 2 is 1.68 bits per heavy atom. The third-order valence-electron chi connectivity index (χ3n) is 4.33. The van der Waals surface area contributed by atoms with Gasteiger partial charge in [0.2, 0.25) is 9.84 Å². The van der Waals surface area contributed by atoms with Gasteiger partial charge < -0.3 is 14.2 Å². The van der Waals surface area contributed by atoms with Crippen molar-refractivity contribution in [2.45, 2.75) is 23.0 Å². The molecule has 0 unspecified atom stereocenters. The lowest BCUT2D eigenvalue weighted by atomic mass is 10.1. The van der Waals surface area contributed by atoms with Crippen molar-refractivity contribution in [1.29, 1.82) is 0 Å². The van der Waals surface area contributed by atoms with E-state index in [0.29, 0.717) is 22.6 Å². The zero-order valence-corrected chi connectivity index (χ0v) is 15.6. The predicted molar refractivity (Wildman–Crippen MR) is 99.4 cm³/mol. The van der Waals surface area contributed by atoms with Crippen LogP contribution in [0.15, 0.2) is 76.5 Å². The minimum atomic E-state index is -3.58. The molecule has 1 aliphatic heterocycles.